The first-order valence-electron chi connectivity index (χ1n) is 6.95. The first kappa shape index (κ1) is 19.4. The van der Waals surface area contributed by atoms with E-state index in [1.807, 2.05) is 6.92 Å². The molecule has 2 N–H and O–H groups in total. The maximum atomic E-state index is 11.5. The molecule has 0 amide bonds. The molecule has 0 fully saturated rings. The minimum absolute atomic E-state index is 0.0321. The van der Waals surface area contributed by atoms with Crippen molar-refractivity contribution in [3.8, 4) is 0 Å². The molecule has 0 aliphatic carbocycles. The molecule has 0 saturated heterocycles. The van der Waals surface area contributed by atoms with Gasteiger partial charge in [0.25, 0.3) is 0 Å². The molecule has 0 saturated carbocycles. The lowest BCUT2D eigenvalue weighted by molar-refractivity contribution is -0.155. The van der Waals surface area contributed by atoms with Gasteiger partial charge in [-0.25, -0.2) is 9.59 Å². The number of hydrogen-bond acceptors (Lipinski definition) is 7. The van der Waals surface area contributed by atoms with E-state index in [9.17, 15) is 14.4 Å². The third-order valence-electron chi connectivity index (χ3n) is 2.44. The largest absolute Gasteiger partial charge is 0.516 e. The van der Waals surface area contributed by atoms with E-state index in [2.05, 4.69) is 4.74 Å². The van der Waals surface area contributed by atoms with Crippen LogP contribution in [0, 0.1) is 0 Å². The molecule has 122 valence electrons. The predicted molar refractivity (Wildman–Crippen MR) is 75.4 cm³/mol. The van der Waals surface area contributed by atoms with Gasteiger partial charge in [-0.3, -0.25) is 4.79 Å². The van der Waals surface area contributed by atoms with Crippen LogP contribution in [0.25, 0.3) is 0 Å². The highest BCUT2D eigenvalue weighted by Gasteiger charge is 2.23. The fourth-order valence-electron chi connectivity index (χ4n) is 1.21. The molecule has 21 heavy (non-hydrogen) atoms. The lowest BCUT2D eigenvalue weighted by Crippen LogP contribution is -2.35. The Morgan fingerprint density at radius 1 is 1.19 bits per heavy atom. The van der Waals surface area contributed by atoms with Crippen molar-refractivity contribution in [3.63, 3.8) is 0 Å². The molecule has 2 atom stereocenters. The second-order valence-electron chi connectivity index (χ2n) is 5.74. The van der Waals surface area contributed by atoms with Crippen LogP contribution in [0.3, 0.4) is 0 Å². The van der Waals surface area contributed by atoms with E-state index >= 15 is 0 Å². The Morgan fingerprint density at radius 3 is 2.24 bits per heavy atom. The summed E-state index contributed by atoms with van der Waals surface area (Å²) >= 11 is 0. The predicted octanol–water partition coefficient (Wildman–Crippen LogP) is 1.91. The third-order valence-corrected chi connectivity index (χ3v) is 2.44. The fourth-order valence-corrected chi connectivity index (χ4v) is 1.21. The molecule has 0 aliphatic heterocycles. The lowest BCUT2D eigenvalue weighted by atomic mass is 10.1. The number of carbonyl (C=O) groups excluding carboxylic acids is 3. The Hall–Kier alpha value is -1.63. The Bertz CT molecular complexity index is 374. The molecule has 0 bridgehead atoms. The number of ether oxygens (including phenoxy) is 3. The quantitative estimate of drug-likeness (QED) is 0.590. The maximum Gasteiger partial charge on any atom is 0.516 e. The molecule has 7 heteroatoms. The zero-order valence-corrected chi connectivity index (χ0v) is 13.3. The summed E-state index contributed by atoms with van der Waals surface area (Å²) in [6, 6.07) is -1.08. The molecular weight excluding hydrogens is 278 g/mol. The highest BCUT2D eigenvalue weighted by molar-refractivity contribution is 5.85. The van der Waals surface area contributed by atoms with E-state index in [0.717, 1.165) is 0 Å². The highest BCUT2D eigenvalue weighted by Crippen LogP contribution is 2.10. The summed E-state index contributed by atoms with van der Waals surface area (Å²) in [6.07, 6.45) is -0.822. The number of hydrogen-bond donors (Lipinski definition) is 1. The number of rotatable bonds is 6. The van der Waals surface area contributed by atoms with Gasteiger partial charge in [-0.2, -0.15) is 0 Å². The fraction of sp³-hybridized carbons (Fsp3) is 0.786. The number of carbonyl (C=O) groups is 3. The molecule has 1 unspecified atom stereocenters. The number of nitrogens with two attached hydrogens (primary N) is 1. The first-order valence-corrected chi connectivity index (χ1v) is 6.95. The van der Waals surface area contributed by atoms with Crippen molar-refractivity contribution in [2.45, 2.75) is 71.6 Å². The zero-order chi connectivity index (χ0) is 16.6. The minimum atomic E-state index is -1.08. The Kier molecular flexibility index (Phi) is 7.94. The molecule has 0 aliphatic rings. The van der Waals surface area contributed by atoms with Crippen LogP contribution >= 0.6 is 0 Å². The first-order chi connectivity index (χ1) is 9.55. The highest BCUT2D eigenvalue weighted by atomic mass is 16.7. The van der Waals surface area contributed by atoms with Crippen molar-refractivity contribution in [2.24, 2.45) is 5.73 Å². The third kappa shape index (κ3) is 9.84. The molecule has 0 radical (unpaired) electrons. The van der Waals surface area contributed by atoms with E-state index < -0.39 is 29.7 Å². The minimum Gasteiger partial charge on any atom is -0.460 e. The van der Waals surface area contributed by atoms with Crippen molar-refractivity contribution in [2.75, 3.05) is 0 Å². The van der Waals surface area contributed by atoms with Crippen LogP contribution in [0.1, 0.15) is 53.9 Å². The second-order valence-corrected chi connectivity index (χ2v) is 5.74. The standard InChI is InChI=1S/C14H25NO6/c1-6-9(2)19-13(18)20-12(17)10(15)7-8-11(16)21-14(3,4)5/h9-10H,6-8,15H2,1-5H3/t9?,10-/m0/s1. The SMILES string of the molecule is CCC(C)OC(=O)OC(=O)[C@@H](N)CCC(=O)OC(C)(C)C. The van der Waals surface area contributed by atoms with Crippen LogP contribution < -0.4 is 5.73 Å². The smallest absolute Gasteiger partial charge is 0.460 e. The van der Waals surface area contributed by atoms with Gasteiger partial charge in [0.2, 0.25) is 0 Å². The topological polar surface area (TPSA) is 105 Å². The summed E-state index contributed by atoms with van der Waals surface area (Å²) < 4.78 is 14.3. The van der Waals surface area contributed by atoms with Gasteiger partial charge in [-0.1, -0.05) is 6.92 Å². The molecular formula is C14H25NO6. The maximum absolute atomic E-state index is 11.5. The van der Waals surface area contributed by atoms with Crippen molar-refractivity contribution in [1.29, 1.82) is 0 Å². The van der Waals surface area contributed by atoms with E-state index in [1.54, 1.807) is 27.7 Å². The summed E-state index contributed by atoms with van der Waals surface area (Å²) in [5, 5.41) is 0. The zero-order valence-electron chi connectivity index (χ0n) is 13.3. The van der Waals surface area contributed by atoms with Gasteiger partial charge < -0.3 is 19.9 Å². The van der Waals surface area contributed by atoms with Crippen LogP contribution in [-0.2, 0) is 23.8 Å². The van der Waals surface area contributed by atoms with E-state index in [4.69, 9.17) is 15.2 Å². The van der Waals surface area contributed by atoms with Gasteiger partial charge in [-0.05, 0) is 40.5 Å². The average Bonchev–Trinajstić information content (AvgIpc) is 2.33. The van der Waals surface area contributed by atoms with Crippen LogP contribution in [0.15, 0.2) is 0 Å². The molecule has 0 spiro atoms. The van der Waals surface area contributed by atoms with Crippen molar-refractivity contribution in [3.05, 3.63) is 0 Å². The summed E-state index contributed by atoms with van der Waals surface area (Å²) in [7, 11) is 0. The van der Waals surface area contributed by atoms with Gasteiger partial charge in [0, 0.05) is 6.42 Å². The van der Waals surface area contributed by atoms with Crippen LogP contribution in [0.5, 0.6) is 0 Å². The molecule has 7 nitrogen and oxygen atoms in total. The monoisotopic (exact) mass is 303 g/mol. The Labute approximate surface area is 125 Å². The van der Waals surface area contributed by atoms with Crippen LogP contribution in [0.2, 0.25) is 0 Å². The van der Waals surface area contributed by atoms with Crippen LogP contribution in [0.4, 0.5) is 4.79 Å². The molecule has 0 heterocycles. The molecule has 0 rings (SSSR count). The van der Waals surface area contributed by atoms with Gasteiger partial charge in [-0.15, -0.1) is 0 Å². The van der Waals surface area contributed by atoms with Gasteiger partial charge >= 0.3 is 18.1 Å². The average molecular weight is 303 g/mol. The number of esters is 2. The van der Waals surface area contributed by atoms with Crippen molar-refractivity contribution in [1.82, 2.24) is 0 Å². The molecule has 0 aromatic carbocycles. The molecule has 0 aromatic rings. The Balaban J connectivity index is 4.11. The molecule has 0 aromatic heterocycles. The van der Waals surface area contributed by atoms with Crippen LogP contribution in [-0.4, -0.2) is 35.8 Å². The normalized spacial score (nSPS) is 14.0. The lowest BCUT2D eigenvalue weighted by Gasteiger charge is -2.19. The second kappa shape index (κ2) is 8.61. The summed E-state index contributed by atoms with van der Waals surface area (Å²) in [4.78, 5) is 34.2. The van der Waals surface area contributed by atoms with E-state index in [0.29, 0.717) is 6.42 Å². The van der Waals surface area contributed by atoms with Gasteiger partial charge in [0.1, 0.15) is 17.7 Å². The summed E-state index contributed by atoms with van der Waals surface area (Å²) in [5.41, 5.74) is 4.96. The van der Waals surface area contributed by atoms with E-state index in [1.165, 1.54) is 0 Å². The van der Waals surface area contributed by atoms with Gasteiger partial charge in [0.05, 0.1) is 0 Å². The Morgan fingerprint density at radius 2 is 1.76 bits per heavy atom. The van der Waals surface area contributed by atoms with Crippen molar-refractivity contribution >= 4 is 18.1 Å². The van der Waals surface area contributed by atoms with Gasteiger partial charge in [0.15, 0.2) is 0 Å². The summed E-state index contributed by atoms with van der Waals surface area (Å²) in [5.74, 6) is -1.39. The summed E-state index contributed by atoms with van der Waals surface area (Å²) in [6.45, 7) is 8.72. The van der Waals surface area contributed by atoms with E-state index in [-0.39, 0.29) is 18.9 Å². The van der Waals surface area contributed by atoms with Crippen molar-refractivity contribution < 1.29 is 28.6 Å².